The first-order chi connectivity index (χ1) is 12.0. The highest BCUT2D eigenvalue weighted by Gasteiger charge is 2.27. The molecule has 0 bridgehead atoms. The van der Waals surface area contributed by atoms with Crippen LogP contribution in [0.15, 0.2) is 24.3 Å². The quantitative estimate of drug-likeness (QED) is 0.639. The fourth-order valence-electron chi connectivity index (χ4n) is 3.94. The highest BCUT2D eigenvalue weighted by Crippen LogP contribution is 2.21. The van der Waals surface area contributed by atoms with Crippen LogP contribution in [0.5, 0.6) is 0 Å². The molecular formula is C18H28N4O3. The molecule has 0 aromatic heterocycles. The van der Waals surface area contributed by atoms with Crippen LogP contribution in [-0.4, -0.2) is 83.6 Å². The third-order valence-corrected chi connectivity index (χ3v) is 5.42. The van der Waals surface area contributed by atoms with Gasteiger partial charge in [0, 0.05) is 57.4 Å². The molecule has 2 aliphatic heterocycles. The molecule has 0 saturated carbocycles. The summed E-state index contributed by atoms with van der Waals surface area (Å²) in [5.41, 5.74) is 0.647. The zero-order valence-corrected chi connectivity index (χ0v) is 14.9. The molecule has 0 amide bonds. The van der Waals surface area contributed by atoms with E-state index in [9.17, 15) is 15.2 Å². The minimum atomic E-state index is -0.688. The number of piperidine rings is 1. The summed E-state index contributed by atoms with van der Waals surface area (Å²) in [6, 6.07) is 6.97. The smallest absolute Gasteiger partial charge is 0.269 e. The number of hydrogen-bond acceptors (Lipinski definition) is 6. The van der Waals surface area contributed by atoms with Gasteiger partial charge in [0.25, 0.3) is 5.69 Å². The van der Waals surface area contributed by atoms with Gasteiger partial charge in [0.15, 0.2) is 0 Å². The molecule has 2 saturated heterocycles. The highest BCUT2D eigenvalue weighted by molar-refractivity contribution is 5.35. The molecule has 7 heteroatoms. The maximum atomic E-state index is 10.9. The lowest BCUT2D eigenvalue weighted by Gasteiger charge is -2.43. The molecule has 138 valence electrons. The molecule has 0 aliphatic carbocycles. The molecule has 2 atom stereocenters. The second-order valence-electron chi connectivity index (χ2n) is 7.26. The second kappa shape index (κ2) is 8.23. The first-order valence-electron chi connectivity index (χ1n) is 9.10. The average Bonchev–Trinajstić information content (AvgIpc) is 2.62. The van der Waals surface area contributed by atoms with Crippen molar-refractivity contribution in [2.75, 3.05) is 52.9 Å². The van der Waals surface area contributed by atoms with Gasteiger partial charge in [-0.05, 0) is 32.0 Å². The van der Waals surface area contributed by atoms with Crippen LogP contribution >= 0.6 is 0 Å². The summed E-state index contributed by atoms with van der Waals surface area (Å²) in [5.74, 6) is 0. The summed E-state index contributed by atoms with van der Waals surface area (Å²) >= 11 is 0. The Labute approximate surface area is 149 Å². The number of rotatable bonds is 5. The predicted octanol–water partition coefficient (Wildman–Crippen LogP) is 1.34. The predicted molar refractivity (Wildman–Crippen MR) is 96.6 cm³/mol. The minimum absolute atomic E-state index is 0.0304. The summed E-state index contributed by atoms with van der Waals surface area (Å²) in [5, 5.41) is 21.3. The molecule has 0 radical (unpaired) electrons. The van der Waals surface area contributed by atoms with Crippen LogP contribution in [-0.2, 0) is 0 Å². The van der Waals surface area contributed by atoms with E-state index in [4.69, 9.17) is 0 Å². The van der Waals surface area contributed by atoms with E-state index >= 15 is 0 Å². The lowest BCUT2D eigenvalue weighted by molar-refractivity contribution is -0.385. The van der Waals surface area contributed by atoms with Gasteiger partial charge < -0.3 is 10.0 Å². The number of hydrogen-bond donors (Lipinski definition) is 1. The van der Waals surface area contributed by atoms with Gasteiger partial charge in [0.05, 0.1) is 11.0 Å². The third kappa shape index (κ3) is 4.76. The number of aliphatic hydroxyl groups excluding tert-OH is 1. The molecule has 1 aromatic rings. The first kappa shape index (κ1) is 18.3. The van der Waals surface area contributed by atoms with E-state index in [-0.39, 0.29) is 5.69 Å². The lowest BCUT2D eigenvalue weighted by atomic mass is 10.0. The molecule has 2 heterocycles. The molecule has 2 fully saturated rings. The number of nitrogens with zero attached hydrogens (tertiary/aromatic N) is 4. The van der Waals surface area contributed by atoms with Gasteiger partial charge in [-0.2, -0.15) is 0 Å². The Morgan fingerprint density at radius 1 is 1.28 bits per heavy atom. The number of aliphatic hydroxyl groups is 1. The van der Waals surface area contributed by atoms with E-state index in [0.29, 0.717) is 18.2 Å². The lowest BCUT2D eigenvalue weighted by Crippen LogP contribution is -2.54. The van der Waals surface area contributed by atoms with Crippen molar-refractivity contribution >= 4 is 5.69 Å². The van der Waals surface area contributed by atoms with Crippen LogP contribution in [0.1, 0.15) is 24.5 Å². The second-order valence-corrected chi connectivity index (χ2v) is 7.26. The number of benzene rings is 1. The average molecular weight is 348 g/mol. The number of likely N-dealkylation sites (N-methyl/N-ethyl adjacent to an activating group) is 1. The number of non-ortho nitro benzene ring substituents is 1. The van der Waals surface area contributed by atoms with E-state index in [2.05, 4.69) is 21.7 Å². The molecule has 25 heavy (non-hydrogen) atoms. The molecular weight excluding hydrogens is 320 g/mol. The SMILES string of the molecule is CN1CCCC(N2CCN(CC(O)c3cccc([N+](=O)[O-])c3)CC2)C1. The molecule has 1 aromatic carbocycles. The summed E-state index contributed by atoms with van der Waals surface area (Å²) in [7, 11) is 2.19. The molecule has 2 aliphatic rings. The normalized spacial score (nSPS) is 25.0. The maximum Gasteiger partial charge on any atom is 0.269 e. The number of β-amino-alcohol motifs (C(OH)–C–C–N with tert-alkyl or cyclic N) is 1. The van der Waals surface area contributed by atoms with Gasteiger partial charge in [0.2, 0.25) is 0 Å². The van der Waals surface area contributed by atoms with E-state index in [1.807, 2.05) is 0 Å². The Balaban J connectivity index is 1.50. The minimum Gasteiger partial charge on any atom is -0.387 e. The number of nitro groups is 1. The summed E-state index contributed by atoms with van der Waals surface area (Å²) < 4.78 is 0. The fourth-order valence-corrected chi connectivity index (χ4v) is 3.94. The Bertz CT molecular complexity index is 589. The van der Waals surface area contributed by atoms with Gasteiger partial charge in [-0.15, -0.1) is 0 Å². The topological polar surface area (TPSA) is 73.1 Å². The van der Waals surface area contributed by atoms with Gasteiger partial charge in [-0.1, -0.05) is 12.1 Å². The van der Waals surface area contributed by atoms with E-state index in [0.717, 1.165) is 32.7 Å². The third-order valence-electron chi connectivity index (χ3n) is 5.42. The Morgan fingerprint density at radius 2 is 2.04 bits per heavy atom. The standard InChI is InChI=1S/C18H28N4O3/c1-19-7-3-6-17(13-19)21-10-8-20(9-11-21)14-18(23)15-4-2-5-16(12-15)22(24)25/h2,4-5,12,17-18,23H,3,6-11,13-14H2,1H3. The molecule has 0 spiro atoms. The molecule has 1 N–H and O–H groups in total. The number of piperazine rings is 1. The molecule has 7 nitrogen and oxygen atoms in total. The van der Waals surface area contributed by atoms with Gasteiger partial charge >= 0.3 is 0 Å². The van der Waals surface area contributed by atoms with Crippen LogP contribution in [0.4, 0.5) is 5.69 Å². The van der Waals surface area contributed by atoms with Crippen LogP contribution in [0.3, 0.4) is 0 Å². The highest BCUT2D eigenvalue weighted by atomic mass is 16.6. The fraction of sp³-hybridized carbons (Fsp3) is 0.667. The molecule has 3 rings (SSSR count). The summed E-state index contributed by atoms with van der Waals surface area (Å²) in [6.45, 7) is 6.81. The number of likely N-dealkylation sites (tertiary alicyclic amines) is 1. The van der Waals surface area contributed by atoms with Crippen LogP contribution in [0.25, 0.3) is 0 Å². The van der Waals surface area contributed by atoms with Crippen molar-refractivity contribution in [1.82, 2.24) is 14.7 Å². The molecule has 2 unspecified atom stereocenters. The van der Waals surface area contributed by atoms with Crippen LogP contribution in [0, 0.1) is 10.1 Å². The van der Waals surface area contributed by atoms with Crippen molar-refractivity contribution in [3.8, 4) is 0 Å². The van der Waals surface area contributed by atoms with Crippen molar-refractivity contribution < 1.29 is 10.0 Å². The van der Waals surface area contributed by atoms with Crippen molar-refractivity contribution in [1.29, 1.82) is 0 Å². The van der Waals surface area contributed by atoms with Crippen molar-refractivity contribution in [2.24, 2.45) is 0 Å². The van der Waals surface area contributed by atoms with Gasteiger partial charge in [0.1, 0.15) is 0 Å². The van der Waals surface area contributed by atoms with Crippen molar-refractivity contribution in [3.63, 3.8) is 0 Å². The van der Waals surface area contributed by atoms with Crippen molar-refractivity contribution in [3.05, 3.63) is 39.9 Å². The van der Waals surface area contributed by atoms with E-state index in [1.54, 1.807) is 12.1 Å². The van der Waals surface area contributed by atoms with Crippen LogP contribution < -0.4 is 0 Å². The Kier molecular flexibility index (Phi) is 6.01. The summed E-state index contributed by atoms with van der Waals surface area (Å²) in [6.07, 6.45) is 1.86. The maximum absolute atomic E-state index is 10.9. The van der Waals surface area contributed by atoms with Crippen LogP contribution in [0.2, 0.25) is 0 Å². The van der Waals surface area contributed by atoms with E-state index < -0.39 is 11.0 Å². The van der Waals surface area contributed by atoms with Gasteiger partial charge in [-0.25, -0.2) is 0 Å². The monoisotopic (exact) mass is 348 g/mol. The Hall–Kier alpha value is -1.54. The first-order valence-corrected chi connectivity index (χ1v) is 9.10. The summed E-state index contributed by atoms with van der Waals surface area (Å²) in [4.78, 5) is 17.7. The van der Waals surface area contributed by atoms with E-state index in [1.165, 1.54) is 31.5 Å². The largest absolute Gasteiger partial charge is 0.387 e. The van der Waals surface area contributed by atoms with Gasteiger partial charge in [-0.3, -0.25) is 19.9 Å². The Morgan fingerprint density at radius 3 is 2.72 bits per heavy atom. The zero-order valence-electron chi connectivity index (χ0n) is 14.9. The van der Waals surface area contributed by atoms with Crippen molar-refractivity contribution in [2.45, 2.75) is 25.0 Å². The zero-order chi connectivity index (χ0) is 17.8. The number of nitro benzene ring substituents is 1.